The lowest BCUT2D eigenvalue weighted by Gasteiger charge is -2.37. The van der Waals surface area contributed by atoms with Gasteiger partial charge in [-0.3, -0.25) is 9.69 Å². The highest BCUT2D eigenvalue weighted by Crippen LogP contribution is 2.26. The van der Waals surface area contributed by atoms with Gasteiger partial charge in [-0.2, -0.15) is 0 Å². The van der Waals surface area contributed by atoms with Gasteiger partial charge in [0.2, 0.25) is 0 Å². The second-order valence-corrected chi connectivity index (χ2v) is 9.28. The Morgan fingerprint density at radius 1 is 0.963 bits per heavy atom. The van der Waals surface area contributed by atoms with Crippen LogP contribution < -0.4 is 0 Å². The molecule has 2 aliphatic rings. The van der Waals surface area contributed by atoms with Crippen molar-refractivity contribution in [3.05, 3.63) is 65.7 Å². The fraction of sp³-hybridized carbons (Fsp3) is 0.381. The van der Waals surface area contributed by atoms with E-state index in [4.69, 9.17) is 0 Å². The Hall–Kier alpha value is -2.18. The number of piperazine rings is 1. The molecular formula is C21H24N2O3S. The topological polar surface area (TPSA) is 57.7 Å². The van der Waals surface area contributed by atoms with E-state index in [0.29, 0.717) is 24.7 Å². The Balaban J connectivity index is 1.60. The molecule has 1 atom stereocenters. The van der Waals surface area contributed by atoms with Crippen LogP contribution in [0.5, 0.6) is 0 Å². The van der Waals surface area contributed by atoms with Gasteiger partial charge < -0.3 is 4.90 Å². The number of amides is 1. The average Bonchev–Trinajstić information content (AvgIpc) is 3.15. The van der Waals surface area contributed by atoms with Gasteiger partial charge in [0.25, 0.3) is 5.91 Å². The quantitative estimate of drug-likeness (QED) is 0.813. The van der Waals surface area contributed by atoms with Crippen LogP contribution in [0.1, 0.15) is 28.8 Å². The van der Waals surface area contributed by atoms with Crippen molar-refractivity contribution in [2.45, 2.75) is 29.5 Å². The second kappa shape index (κ2) is 7.44. The molecule has 2 heterocycles. The Kier molecular flexibility index (Phi) is 5.02. The normalized spacial score (nSPS) is 20.4. The summed E-state index contributed by atoms with van der Waals surface area (Å²) in [5.74, 6) is -0.275. The number of benzene rings is 2. The van der Waals surface area contributed by atoms with Crippen molar-refractivity contribution in [3.8, 4) is 0 Å². The molecule has 0 N–H and O–H groups in total. The largest absolute Gasteiger partial charge is 0.336 e. The fourth-order valence-corrected chi connectivity index (χ4v) is 5.69. The van der Waals surface area contributed by atoms with E-state index in [9.17, 15) is 13.2 Å². The molecule has 142 valence electrons. The standard InChI is InChI=1S/C21H24N2O3S/c24-21(23-14-13-22-12-6-9-18(22)15-23)19-10-4-5-11-20(19)27(25,26)16-17-7-2-1-3-8-17/h1-5,7-8,10-11,18H,6,9,12-16H2/t18-/m0/s1. The zero-order chi connectivity index (χ0) is 18.9. The first-order valence-corrected chi connectivity index (χ1v) is 11.1. The van der Waals surface area contributed by atoms with Gasteiger partial charge in [-0.25, -0.2) is 8.42 Å². The third-order valence-electron chi connectivity index (χ3n) is 5.53. The predicted molar refractivity (Wildman–Crippen MR) is 104 cm³/mol. The zero-order valence-corrected chi connectivity index (χ0v) is 16.1. The number of carbonyl (C=O) groups excluding carboxylic acids is 1. The summed E-state index contributed by atoms with van der Waals surface area (Å²) in [4.78, 5) is 17.5. The summed E-state index contributed by atoms with van der Waals surface area (Å²) in [6.45, 7) is 3.32. The van der Waals surface area contributed by atoms with Gasteiger partial charge in [0.15, 0.2) is 9.84 Å². The minimum absolute atomic E-state index is 0.103. The van der Waals surface area contributed by atoms with Crippen molar-refractivity contribution in [2.24, 2.45) is 0 Å². The van der Waals surface area contributed by atoms with Crippen LogP contribution in [-0.4, -0.2) is 56.3 Å². The maximum Gasteiger partial charge on any atom is 0.255 e. The Bertz CT molecular complexity index is 927. The molecule has 2 fully saturated rings. The fourth-order valence-electron chi connectivity index (χ4n) is 4.13. The lowest BCUT2D eigenvalue weighted by molar-refractivity contribution is 0.0567. The summed E-state index contributed by atoms with van der Waals surface area (Å²) < 4.78 is 26.0. The summed E-state index contributed by atoms with van der Waals surface area (Å²) in [5, 5.41) is 0. The molecule has 0 aliphatic carbocycles. The van der Waals surface area contributed by atoms with Crippen LogP contribution in [0, 0.1) is 0 Å². The van der Waals surface area contributed by atoms with E-state index in [0.717, 1.165) is 25.1 Å². The molecule has 0 spiro atoms. The van der Waals surface area contributed by atoms with Gasteiger partial charge in [0.1, 0.15) is 0 Å². The van der Waals surface area contributed by atoms with Crippen molar-refractivity contribution in [1.82, 2.24) is 9.80 Å². The van der Waals surface area contributed by atoms with Crippen LogP contribution >= 0.6 is 0 Å². The van der Waals surface area contributed by atoms with E-state index in [-0.39, 0.29) is 16.6 Å². The number of hydrogen-bond acceptors (Lipinski definition) is 4. The molecule has 5 nitrogen and oxygen atoms in total. The van der Waals surface area contributed by atoms with E-state index in [2.05, 4.69) is 4.90 Å². The number of rotatable bonds is 4. The van der Waals surface area contributed by atoms with Crippen LogP contribution in [0.15, 0.2) is 59.5 Å². The van der Waals surface area contributed by atoms with Crippen molar-refractivity contribution >= 4 is 15.7 Å². The molecule has 2 saturated heterocycles. The molecule has 2 aromatic carbocycles. The Morgan fingerprint density at radius 2 is 1.70 bits per heavy atom. The van der Waals surface area contributed by atoms with Crippen molar-refractivity contribution in [3.63, 3.8) is 0 Å². The van der Waals surface area contributed by atoms with E-state index >= 15 is 0 Å². The van der Waals surface area contributed by atoms with Crippen molar-refractivity contribution < 1.29 is 13.2 Å². The Morgan fingerprint density at radius 3 is 2.52 bits per heavy atom. The maximum absolute atomic E-state index is 13.2. The lowest BCUT2D eigenvalue weighted by atomic mass is 10.1. The molecule has 2 aromatic rings. The Labute approximate surface area is 160 Å². The first-order chi connectivity index (χ1) is 13.0. The predicted octanol–water partition coefficient (Wildman–Crippen LogP) is 2.58. The number of carbonyl (C=O) groups is 1. The molecule has 0 radical (unpaired) electrons. The lowest BCUT2D eigenvalue weighted by Crippen LogP contribution is -2.52. The molecule has 1 amide bonds. The molecule has 4 rings (SSSR count). The van der Waals surface area contributed by atoms with Gasteiger partial charge >= 0.3 is 0 Å². The van der Waals surface area contributed by atoms with Crippen LogP contribution in [0.4, 0.5) is 0 Å². The number of hydrogen-bond donors (Lipinski definition) is 0. The third kappa shape index (κ3) is 3.77. The van der Waals surface area contributed by atoms with E-state index < -0.39 is 9.84 Å². The van der Waals surface area contributed by atoms with E-state index in [1.807, 2.05) is 23.1 Å². The SMILES string of the molecule is O=C(c1ccccc1S(=O)(=O)Cc1ccccc1)N1CCN2CCC[C@H]2C1. The average molecular weight is 385 g/mol. The molecular weight excluding hydrogens is 360 g/mol. The van der Waals surface area contributed by atoms with E-state index in [1.54, 1.807) is 36.4 Å². The van der Waals surface area contributed by atoms with Crippen LogP contribution in [0.2, 0.25) is 0 Å². The highest BCUT2D eigenvalue weighted by Gasteiger charge is 2.34. The molecule has 0 bridgehead atoms. The minimum atomic E-state index is -3.60. The minimum Gasteiger partial charge on any atom is -0.336 e. The monoisotopic (exact) mass is 384 g/mol. The molecule has 0 aromatic heterocycles. The molecule has 0 saturated carbocycles. The molecule has 6 heteroatoms. The summed E-state index contributed by atoms with van der Waals surface area (Å²) >= 11 is 0. The molecule has 2 aliphatic heterocycles. The van der Waals surface area contributed by atoms with Crippen LogP contribution in [0.3, 0.4) is 0 Å². The smallest absolute Gasteiger partial charge is 0.255 e. The first kappa shape index (κ1) is 18.2. The summed E-state index contributed by atoms with van der Waals surface area (Å²) in [5.41, 5.74) is 1.01. The van der Waals surface area contributed by atoms with Crippen molar-refractivity contribution in [2.75, 3.05) is 26.2 Å². The second-order valence-electron chi connectivity index (χ2n) is 7.32. The summed E-state index contributed by atoms with van der Waals surface area (Å²) in [7, 11) is -3.60. The maximum atomic E-state index is 13.2. The van der Waals surface area contributed by atoms with Crippen LogP contribution in [-0.2, 0) is 15.6 Å². The molecule has 0 unspecified atom stereocenters. The van der Waals surface area contributed by atoms with Gasteiger partial charge in [-0.05, 0) is 37.1 Å². The van der Waals surface area contributed by atoms with Crippen LogP contribution in [0.25, 0.3) is 0 Å². The zero-order valence-electron chi connectivity index (χ0n) is 15.3. The number of nitrogens with zero attached hydrogens (tertiary/aromatic N) is 2. The molecule has 27 heavy (non-hydrogen) atoms. The summed E-state index contributed by atoms with van der Waals surface area (Å²) in [6.07, 6.45) is 2.28. The van der Waals surface area contributed by atoms with Gasteiger partial charge in [0, 0.05) is 25.7 Å². The number of fused-ring (bicyclic) bond motifs is 1. The summed E-state index contributed by atoms with van der Waals surface area (Å²) in [6, 6.07) is 16.1. The first-order valence-electron chi connectivity index (χ1n) is 9.44. The van der Waals surface area contributed by atoms with Crippen molar-refractivity contribution in [1.29, 1.82) is 0 Å². The third-order valence-corrected chi connectivity index (χ3v) is 7.27. The van der Waals surface area contributed by atoms with Gasteiger partial charge in [-0.1, -0.05) is 42.5 Å². The number of sulfone groups is 1. The van der Waals surface area contributed by atoms with Gasteiger partial charge in [-0.15, -0.1) is 0 Å². The highest BCUT2D eigenvalue weighted by atomic mass is 32.2. The highest BCUT2D eigenvalue weighted by molar-refractivity contribution is 7.90. The van der Waals surface area contributed by atoms with E-state index in [1.165, 1.54) is 6.42 Å². The van der Waals surface area contributed by atoms with Gasteiger partial charge in [0.05, 0.1) is 16.2 Å².